The lowest BCUT2D eigenvalue weighted by molar-refractivity contribution is 0.0847. The van der Waals surface area contributed by atoms with Gasteiger partial charge in [0.1, 0.15) is 0 Å². The van der Waals surface area contributed by atoms with Crippen molar-refractivity contribution >= 4 is 5.84 Å². The molecule has 0 aromatic heterocycles. The van der Waals surface area contributed by atoms with Crippen LogP contribution >= 0.6 is 0 Å². The van der Waals surface area contributed by atoms with Crippen LogP contribution in [0.5, 0.6) is 0 Å². The van der Waals surface area contributed by atoms with Crippen LogP contribution in [-0.4, -0.2) is 30.3 Å². The number of hydrogen-bond acceptors (Lipinski definition) is 4. The molecule has 0 bridgehead atoms. The van der Waals surface area contributed by atoms with E-state index in [1.54, 1.807) is 7.11 Å². The van der Waals surface area contributed by atoms with E-state index in [1.165, 1.54) is 18.4 Å². The molecule has 0 heterocycles. The quantitative estimate of drug-likeness (QED) is 0.331. The number of oxime groups is 1. The second-order valence-corrected chi connectivity index (χ2v) is 5.32. The van der Waals surface area contributed by atoms with E-state index in [2.05, 4.69) is 10.5 Å². The molecule has 0 saturated heterocycles. The van der Waals surface area contributed by atoms with Gasteiger partial charge in [0.05, 0.1) is 6.10 Å². The van der Waals surface area contributed by atoms with Crippen molar-refractivity contribution in [2.75, 3.05) is 7.11 Å². The summed E-state index contributed by atoms with van der Waals surface area (Å²) in [5.74, 6) is 0.142. The number of nitrogens with one attached hydrogen (secondary N) is 1. The van der Waals surface area contributed by atoms with Crippen molar-refractivity contribution in [2.45, 2.75) is 44.9 Å². The maximum Gasteiger partial charge on any atom is 0.170 e. The molecule has 2 rings (SSSR count). The van der Waals surface area contributed by atoms with Crippen LogP contribution in [-0.2, 0) is 11.3 Å². The maximum absolute atomic E-state index is 8.69. The molecule has 0 aliphatic heterocycles. The van der Waals surface area contributed by atoms with Gasteiger partial charge < -0.3 is 21.0 Å². The molecule has 20 heavy (non-hydrogen) atoms. The number of nitrogens with two attached hydrogens (primary N) is 1. The summed E-state index contributed by atoms with van der Waals surface area (Å²) in [7, 11) is 1.78. The Morgan fingerprint density at radius 1 is 1.50 bits per heavy atom. The summed E-state index contributed by atoms with van der Waals surface area (Å²) in [6.07, 6.45) is 3.85. The fourth-order valence-corrected chi connectivity index (χ4v) is 2.79. The number of amidine groups is 1. The highest BCUT2D eigenvalue weighted by Crippen LogP contribution is 2.22. The zero-order valence-electron chi connectivity index (χ0n) is 12.1. The van der Waals surface area contributed by atoms with E-state index in [-0.39, 0.29) is 5.84 Å². The molecule has 1 aliphatic carbocycles. The normalized spacial score (nSPS) is 23.2. The van der Waals surface area contributed by atoms with Gasteiger partial charge in [0.15, 0.2) is 5.84 Å². The molecule has 2 atom stereocenters. The molecular formula is C15H23N3O2. The van der Waals surface area contributed by atoms with Gasteiger partial charge in [0, 0.05) is 25.3 Å². The Bertz CT molecular complexity index is 488. The van der Waals surface area contributed by atoms with Crippen LogP contribution in [0.15, 0.2) is 23.4 Å². The van der Waals surface area contributed by atoms with Crippen LogP contribution in [0.1, 0.15) is 36.0 Å². The Kier molecular flexibility index (Phi) is 4.98. The lowest BCUT2D eigenvalue weighted by Crippen LogP contribution is -2.36. The molecular weight excluding hydrogens is 254 g/mol. The molecule has 4 N–H and O–H groups in total. The minimum Gasteiger partial charge on any atom is -0.409 e. The van der Waals surface area contributed by atoms with Crippen LogP contribution in [0.3, 0.4) is 0 Å². The van der Waals surface area contributed by atoms with Gasteiger partial charge in [-0.05, 0) is 43.4 Å². The third kappa shape index (κ3) is 3.29. The molecule has 0 spiro atoms. The molecule has 1 fully saturated rings. The summed E-state index contributed by atoms with van der Waals surface area (Å²) in [5.41, 5.74) is 8.69. The van der Waals surface area contributed by atoms with Crippen LogP contribution in [0.2, 0.25) is 0 Å². The van der Waals surface area contributed by atoms with Gasteiger partial charge >= 0.3 is 0 Å². The Balaban J connectivity index is 2.00. The monoisotopic (exact) mass is 277 g/mol. The second kappa shape index (κ2) is 6.72. The van der Waals surface area contributed by atoms with Crippen molar-refractivity contribution in [2.24, 2.45) is 10.9 Å². The predicted molar refractivity (Wildman–Crippen MR) is 79.0 cm³/mol. The second-order valence-electron chi connectivity index (χ2n) is 5.32. The first-order valence-electron chi connectivity index (χ1n) is 6.99. The fraction of sp³-hybridized carbons (Fsp3) is 0.533. The molecule has 1 aliphatic rings. The number of benzene rings is 1. The lowest BCUT2D eigenvalue weighted by atomic mass is 10.0. The molecule has 110 valence electrons. The predicted octanol–water partition coefficient (Wildman–Crippen LogP) is 1.75. The zero-order chi connectivity index (χ0) is 14.5. The third-order valence-corrected chi connectivity index (χ3v) is 4.06. The van der Waals surface area contributed by atoms with E-state index in [1.807, 2.05) is 25.1 Å². The van der Waals surface area contributed by atoms with Gasteiger partial charge in [-0.25, -0.2) is 0 Å². The summed E-state index contributed by atoms with van der Waals surface area (Å²) in [5, 5.41) is 15.3. The van der Waals surface area contributed by atoms with E-state index in [0.717, 1.165) is 24.1 Å². The van der Waals surface area contributed by atoms with Gasteiger partial charge in [0.2, 0.25) is 0 Å². The summed E-state index contributed by atoms with van der Waals surface area (Å²) in [6.45, 7) is 2.85. The third-order valence-electron chi connectivity index (χ3n) is 4.06. The Labute approximate surface area is 119 Å². The van der Waals surface area contributed by atoms with Gasteiger partial charge in [-0.1, -0.05) is 17.3 Å². The fourth-order valence-electron chi connectivity index (χ4n) is 2.79. The first kappa shape index (κ1) is 14.8. The zero-order valence-corrected chi connectivity index (χ0v) is 12.1. The molecule has 0 amide bonds. The lowest BCUT2D eigenvalue weighted by Gasteiger charge is -2.20. The number of rotatable bonds is 5. The standard InChI is InChI=1S/C15H23N3O2/c1-10-8-11(15(16)18-19)6-7-12(10)9-17-13-4-3-5-14(13)20-2/h6-8,13-14,17,19H,3-5,9H2,1-2H3,(H2,16,18). The molecule has 1 aromatic carbocycles. The Morgan fingerprint density at radius 2 is 2.30 bits per heavy atom. The minimum atomic E-state index is 0.142. The van der Waals surface area contributed by atoms with Crippen molar-refractivity contribution in [3.63, 3.8) is 0 Å². The SMILES string of the molecule is COC1CCCC1NCc1ccc(/C(N)=N/O)cc1C. The van der Waals surface area contributed by atoms with Crippen molar-refractivity contribution < 1.29 is 9.94 Å². The topological polar surface area (TPSA) is 79.9 Å². The summed E-state index contributed by atoms with van der Waals surface area (Å²) < 4.78 is 5.49. The minimum absolute atomic E-state index is 0.142. The van der Waals surface area contributed by atoms with E-state index >= 15 is 0 Å². The molecule has 5 heteroatoms. The Morgan fingerprint density at radius 3 is 2.95 bits per heavy atom. The molecule has 1 saturated carbocycles. The largest absolute Gasteiger partial charge is 0.409 e. The molecule has 0 radical (unpaired) electrons. The van der Waals surface area contributed by atoms with Crippen molar-refractivity contribution in [3.05, 3.63) is 34.9 Å². The van der Waals surface area contributed by atoms with Crippen molar-refractivity contribution in [1.82, 2.24) is 5.32 Å². The van der Waals surface area contributed by atoms with Gasteiger partial charge in [-0.3, -0.25) is 0 Å². The van der Waals surface area contributed by atoms with Crippen molar-refractivity contribution in [1.29, 1.82) is 0 Å². The van der Waals surface area contributed by atoms with Crippen LogP contribution < -0.4 is 11.1 Å². The van der Waals surface area contributed by atoms with Gasteiger partial charge in [-0.2, -0.15) is 0 Å². The number of hydrogen-bond donors (Lipinski definition) is 3. The summed E-state index contributed by atoms with van der Waals surface area (Å²) in [4.78, 5) is 0. The number of nitrogens with zero attached hydrogens (tertiary/aromatic N) is 1. The Hall–Kier alpha value is -1.59. The highest BCUT2D eigenvalue weighted by Gasteiger charge is 2.26. The summed E-state index contributed by atoms with van der Waals surface area (Å²) >= 11 is 0. The van der Waals surface area contributed by atoms with Crippen LogP contribution in [0.4, 0.5) is 0 Å². The van der Waals surface area contributed by atoms with Crippen molar-refractivity contribution in [3.8, 4) is 0 Å². The highest BCUT2D eigenvalue weighted by atomic mass is 16.5. The first-order valence-corrected chi connectivity index (χ1v) is 6.99. The molecule has 1 aromatic rings. The van der Waals surface area contributed by atoms with E-state index in [4.69, 9.17) is 15.7 Å². The van der Waals surface area contributed by atoms with Crippen LogP contribution in [0, 0.1) is 6.92 Å². The molecule has 2 unspecified atom stereocenters. The van der Waals surface area contributed by atoms with Gasteiger partial charge in [-0.15, -0.1) is 0 Å². The highest BCUT2D eigenvalue weighted by molar-refractivity contribution is 5.97. The summed E-state index contributed by atoms with van der Waals surface area (Å²) in [6, 6.07) is 6.27. The van der Waals surface area contributed by atoms with Crippen LogP contribution in [0.25, 0.3) is 0 Å². The average molecular weight is 277 g/mol. The maximum atomic E-state index is 8.69. The van der Waals surface area contributed by atoms with E-state index in [0.29, 0.717) is 12.1 Å². The number of aryl methyl sites for hydroxylation is 1. The van der Waals surface area contributed by atoms with Gasteiger partial charge in [0.25, 0.3) is 0 Å². The van der Waals surface area contributed by atoms with E-state index in [9.17, 15) is 0 Å². The average Bonchev–Trinajstić information content (AvgIpc) is 2.92. The molecule has 5 nitrogen and oxygen atoms in total. The first-order chi connectivity index (χ1) is 9.65. The van der Waals surface area contributed by atoms with E-state index < -0.39 is 0 Å². The number of ether oxygens (including phenoxy) is 1. The smallest absolute Gasteiger partial charge is 0.170 e. The number of methoxy groups -OCH3 is 1.